The maximum absolute atomic E-state index is 10.8. The highest BCUT2D eigenvalue weighted by molar-refractivity contribution is 5.93. The summed E-state index contributed by atoms with van der Waals surface area (Å²) in [6, 6.07) is 25.5. The number of rotatable bonds is 10. The second-order valence-corrected chi connectivity index (χ2v) is 6.99. The number of para-hydroxylation sites is 1. The number of hydrogen-bond acceptors (Lipinski definition) is 6. The van der Waals surface area contributed by atoms with Crippen molar-refractivity contribution in [3.63, 3.8) is 0 Å². The maximum Gasteiger partial charge on any atom is 0.204 e. The van der Waals surface area contributed by atoms with Crippen molar-refractivity contribution in [2.45, 2.75) is 6.54 Å². The number of hydrogen-bond donors (Lipinski definition) is 3. The van der Waals surface area contributed by atoms with Crippen LogP contribution in [0.1, 0.15) is 5.56 Å². The molecule has 8 heteroatoms. The van der Waals surface area contributed by atoms with Crippen molar-refractivity contribution in [3.8, 4) is 5.75 Å². The number of nitrogens with one attached hydrogen (secondary N) is 1. The van der Waals surface area contributed by atoms with Crippen molar-refractivity contribution in [2.24, 2.45) is 16.5 Å². The first kappa shape index (κ1) is 25.7. The van der Waals surface area contributed by atoms with Gasteiger partial charge in [-0.05, 0) is 35.9 Å². The number of carbonyl (C=O) groups is 2. The van der Waals surface area contributed by atoms with E-state index >= 15 is 0 Å². The Morgan fingerprint density at radius 1 is 1.03 bits per heavy atom. The molecule has 0 saturated carbocycles. The molecule has 0 heterocycles. The molecule has 0 bridgehead atoms. The third kappa shape index (κ3) is 8.88. The van der Waals surface area contributed by atoms with Gasteiger partial charge in [0.2, 0.25) is 6.41 Å². The van der Waals surface area contributed by atoms with Crippen molar-refractivity contribution < 1.29 is 14.3 Å². The van der Waals surface area contributed by atoms with Crippen LogP contribution in [0.2, 0.25) is 0 Å². The summed E-state index contributed by atoms with van der Waals surface area (Å²) >= 11 is 0. The van der Waals surface area contributed by atoms with E-state index in [0.717, 1.165) is 17.7 Å². The molecular weight excluding hydrogens is 430 g/mol. The van der Waals surface area contributed by atoms with Gasteiger partial charge >= 0.3 is 0 Å². The molecule has 1 amide bonds. The molecule has 8 nitrogen and oxygen atoms in total. The SMILES string of the molecule is CN(Cc1ccccc1)c1ccc(N=C(N)/C=C\Nc2ccccc2)cc1OCC=O.NC=O. The molecule has 3 aromatic carbocycles. The monoisotopic (exact) mass is 459 g/mol. The number of amides is 1. The Labute approximate surface area is 199 Å². The first-order chi connectivity index (χ1) is 16.6. The average Bonchev–Trinajstić information content (AvgIpc) is 2.84. The van der Waals surface area contributed by atoms with Gasteiger partial charge in [-0.3, -0.25) is 9.59 Å². The van der Waals surface area contributed by atoms with E-state index in [2.05, 4.69) is 33.1 Å². The van der Waals surface area contributed by atoms with Crippen molar-refractivity contribution in [2.75, 3.05) is 23.9 Å². The van der Waals surface area contributed by atoms with Crippen LogP contribution in [-0.2, 0) is 16.1 Å². The Bertz CT molecular complexity index is 1090. The summed E-state index contributed by atoms with van der Waals surface area (Å²) in [5, 5.41) is 3.14. The van der Waals surface area contributed by atoms with E-state index in [1.165, 1.54) is 5.56 Å². The number of aliphatic imine (C=N–C) groups is 1. The van der Waals surface area contributed by atoms with Crippen LogP contribution in [0.4, 0.5) is 17.1 Å². The molecule has 5 N–H and O–H groups in total. The number of nitrogens with zero attached hydrogens (tertiary/aromatic N) is 2. The number of aldehydes is 1. The number of primary amides is 1. The highest BCUT2D eigenvalue weighted by Crippen LogP contribution is 2.33. The lowest BCUT2D eigenvalue weighted by Gasteiger charge is -2.22. The van der Waals surface area contributed by atoms with Gasteiger partial charge < -0.3 is 26.4 Å². The number of nitrogens with two attached hydrogens (primary N) is 2. The molecule has 3 rings (SSSR count). The Morgan fingerprint density at radius 2 is 1.68 bits per heavy atom. The summed E-state index contributed by atoms with van der Waals surface area (Å²) in [7, 11) is 1.98. The molecule has 0 spiro atoms. The lowest BCUT2D eigenvalue weighted by Crippen LogP contribution is -2.17. The highest BCUT2D eigenvalue weighted by atomic mass is 16.5. The van der Waals surface area contributed by atoms with Gasteiger partial charge in [0, 0.05) is 31.5 Å². The van der Waals surface area contributed by atoms with E-state index in [1.54, 1.807) is 18.3 Å². The van der Waals surface area contributed by atoms with Crippen LogP contribution in [0, 0.1) is 0 Å². The summed E-state index contributed by atoms with van der Waals surface area (Å²) < 4.78 is 5.66. The molecule has 0 aliphatic rings. The normalized spacial score (nSPS) is 10.7. The predicted octanol–water partition coefficient (Wildman–Crippen LogP) is 3.62. The summed E-state index contributed by atoms with van der Waals surface area (Å²) in [5.74, 6) is 0.918. The molecule has 0 atom stereocenters. The fourth-order valence-electron chi connectivity index (χ4n) is 3.01. The van der Waals surface area contributed by atoms with Crippen molar-refractivity contribution in [1.82, 2.24) is 0 Å². The van der Waals surface area contributed by atoms with Crippen LogP contribution in [0.5, 0.6) is 5.75 Å². The molecule has 0 saturated heterocycles. The van der Waals surface area contributed by atoms with E-state index < -0.39 is 0 Å². The van der Waals surface area contributed by atoms with Crippen LogP contribution < -0.4 is 26.4 Å². The zero-order chi connectivity index (χ0) is 24.6. The minimum absolute atomic E-state index is 0.0320. The minimum atomic E-state index is -0.0320. The van der Waals surface area contributed by atoms with Crippen molar-refractivity contribution in [3.05, 3.63) is 96.7 Å². The van der Waals surface area contributed by atoms with Gasteiger partial charge in [0.05, 0.1) is 11.4 Å². The highest BCUT2D eigenvalue weighted by Gasteiger charge is 2.11. The van der Waals surface area contributed by atoms with Gasteiger partial charge in [-0.1, -0.05) is 48.5 Å². The molecule has 176 valence electrons. The average molecular weight is 460 g/mol. The van der Waals surface area contributed by atoms with Gasteiger partial charge in [0.1, 0.15) is 18.2 Å². The number of ether oxygens (including phenoxy) is 1. The minimum Gasteiger partial charge on any atom is -0.484 e. The topological polar surface area (TPSA) is 123 Å². The van der Waals surface area contributed by atoms with Crippen LogP contribution in [-0.4, -0.2) is 32.2 Å². The molecule has 3 aromatic rings. The van der Waals surface area contributed by atoms with E-state index in [1.807, 2.05) is 67.7 Å². The molecule has 0 radical (unpaired) electrons. The lowest BCUT2D eigenvalue weighted by atomic mass is 10.2. The smallest absolute Gasteiger partial charge is 0.204 e. The Morgan fingerprint density at radius 3 is 2.32 bits per heavy atom. The van der Waals surface area contributed by atoms with E-state index in [9.17, 15) is 4.79 Å². The Kier molecular flexibility index (Phi) is 10.9. The maximum atomic E-state index is 10.8. The van der Waals surface area contributed by atoms with Crippen LogP contribution in [0.3, 0.4) is 0 Å². The number of benzene rings is 3. The summed E-state index contributed by atoms with van der Waals surface area (Å²) in [4.78, 5) is 25.9. The lowest BCUT2D eigenvalue weighted by molar-refractivity contribution is -0.109. The van der Waals surface area contributed by atoms with Crippen molar-refractivity contribution in [1.29, 1.82) is 0 Å². The van der Waals surface area contributed by atoms with Crippen LogP contribution in [0.25, 0.3) is 0 Å². The van der Waals surface area contributed by atoms with Crippen LogP contribution in [0.15, 0.2) is 96.1 Å². The van der Waals surface area contributed by atoms with Crippen LogP contribution >= 0.6 is 0 Å². The molecular formula is C26H29N5O3. The van der Waals surface area contributed by atoms with Gasteiger partial charge in [0.15, 0.2) is 6.29 Å². The first-order valence-corrected chi connectivity index (χ1v) is 10.5. The van der Waals surface area contributed by atoms with Gasteiger partial charge in [-0.15, -0.1) is 0 Å². The van der Waals surface area contributed by atoms with Gasteiger partial charge in [-0.2, -0.15) is 0 Å². The quantitative estimate of drug-likeness (QED) is 0.242. The molecule has 0 aliphatic carbocycles. The number of anilines is 2. The van der Waals surface area contributed by atoms with Gasteiger partial charge in [-0.25, -0.2) is 4.99 Å². The largest absolute Gasteiger partial charge is 0.484 e. The zero-order valence-electron chi connectivity index (χ0n) is 19.0. The second kappa shape index (κ2) is 14.5. The molecule has 0 fully saturated rings. The van der Waals surface area contributed by atoms with E-state index in [4.69, 9.17) is 15.3 Å². The third-order valence-corrected chi connectivity index (χ3v) is 4.46. The molecule has 0 aromatic heterocycles. The second-order valence-electron chi connectivity index (χ2n) is 6.99. The Hall–Kier alpha value is -4.59. The summed E-state index contributed by atoms with van der Waals surface area (Å²) in [5.41, 5.74) is 13.8. The number of carbonyl (C=O) groups excluding carboxylic acids is 2. The predicted molar refractivity (Wildman–Crippen MR) is 137 cm³/mol. The Balaban J connectivity index is 0.00000129. The zero-order valence-corrected chi connectivity index (χ0v) is 19.0. The molecule has 0 aliphatic heterocycles. The fourth-order valence-corrected chi connectivity index (χ4v) is 3.01. The van der Waals surface area contributed by atoms with E-state index in [0.29, 0.717) is 23.8 Å². The first-order valence-electron chi connectivity index (χ1n) is 10.5. The standard InChI is InChI=1S/C25H26N4O2.CH3NO/c1-29(19-20-8-4-2-5-9-20)23-13-12-22(18-24(23)31-17-16-30)28-25(26)14-15-27-21-10-6-3-7-11-21;2-1-3/h2-16,18,27H,17,19H2,1H3,(H2,26,28);1H,(H2,2,3)/b15-14-;. The molecule has 34 heavy (non-hydrogen) atoms. The van der Waals surface area contributed by atoms with Gasteiger partial charge in [0.25, 0.3) is 0 Å². The van der Waals surface area contributed by atoms with E-state index in [-0.39, 0.29) is 13.0 Å². The summed E-state index contributed by atoms with van der Waals surface area (Å²) in [6.45, 7) is 0.673. The third-order valence-electron chi connectivity index (χ3n) is 4.46. The van der Waals surface area contributed by atoms with Crippen molar-refractivity contribution >= 4 is 35.6 Å². The number of amidine groups is 1. The fraction of sp³-hybridized carbons (Fsp3) is 0.115. The summed E-state index contributed by atoms with van der Waals surface area (Å²) in [6.07, 6.45) is 4.40. The molecule has 0 unspecified atom stereocenters.